The number of thiocarbonyl (C=S) groups is 1. The largest absolute Gasteiger partial charge is 0.502 e. The molecule has 1 aromatic heterocycles. The summed E-state index contributed by atoms with van der Waals surface area (Å²) in [4.78, 5) is 10.6. The van der Waals surface area contributed by atoms with E-state index in [0.717, 1.165) is 0 Å². The smallest absolute Gasteiger partial charge is 0.287 e. The van der Waals surface area contributed by atoms with Crippen molar-refractivity contribution in [3.63, 3.8) is 0 Å². The molecule has 6 nitrogen and oxygen atoms in total. The van der Waals surface area contributed by atoms with Crippen LogP contribution in [0.4, 0.5) is 5.69 Å². The van der Waals surface area contributed by atoms with Gasteiger partial charge in [-0.1, -0.05) is 18.3 Å². The van der Waals surface area contributed by atoms with Crippen LogP contribution in [0.2, 0.25) is 0 Å². The Bertz CT molecular complexity index is 743. The van der Waals surface area contributed by atoms with Crippen LogP contribution in [0.15, 0.2) is 54.9 Å². The molecule has 0 aliphatic carbocycles. The number of nitro benzene ring substituents is 1. The molecule has 2 aromatic rings. The minimum atomic E-state index is -0.485. The van der Waals surface area contributed by atoms with Crippen molar-refractivity contribution in [2.45, 2.75) is 6.92 Å². The number of hydrogen-bond donors (Lipinski definition) is 2. The van der Waals surface area contributed by atoms with Gasteiger partial charge in [0.1, 0.15) is 0 Å². The lowest BCUT2D eigenvalue weighted by Gasteiger charge is -2.08. The van der Waals surface area contributed by atoms with E-state index in [4.69, 9.17) is 12.2 Å². The lowest BCUT2D eigenvalue weighted by Crippen LogP contribution is -2.40. The third-order valence-electron chi connectivity index (χ3n) is 3.10. The Balaban J connectivity index is 2.52. The molecule has 0 bridgehead atoms. The zero-order valence-electron chi connectivity index (χ0n) is 12.5. The predicted octanol–water partition coefficient (Wildman–Crippen LogP) is 2.70. The number of likely N-dealkylation sites (N-methyl/N-ethyl adjacent to an activating group) is 1. The fourth-order valence-corrected chi connectivity index (χ4v) is 2.36. The van der Waals surface area contributed by atoms with Crippen molar-refractivity contribution < 1.29 is 14.6 Å². The molecule has 0 saturated carbocycles. The summed E-state index contributed by atoms with van der Waals surface area (Å²) < 4.78 is 1.70. The van der Waals surface area contributed by atoms with Crippen LogP contribution in [-0.4, -0.2) is 21.6 Å². The zero-order chi connectivity index (χ0) is 16.8. The SMILES string of the molecule is CCNC(=S)/C(=C(\O)c1ccc([N+](=O)[O-])cc1)[n+]1ccccc1. The van der Waals surface area contributed by atoms with Crippen molar-refractivity contribution in [2.75, 3.05) is 6.54 Å². The zero-order valence-corrected chi connectivity index (χ0v) is 13.3. The van der Waals surface area contributed by atoms with Gasteiger partial charge < -0.3 is 10.4 Å². The molecule has 23 heavy (non-hydrogen) atoms. The summed E-state index contributed by atoms with van der Waals surface area (Å²) >= 11 is 5.34. The molecule has 0 fully saturated rings. The molecule has 7 heteroatoms. The first-order valence-electron chi connectivity index (χ1n) is 6.97. The lowest BCUT2D eigenvalue weighted by atomic mass is 10.1. The first-order chi connectivity index (χ1) is 11.0. The molecule has 0 spiro atoms. The lowest BCUT2D eigenvalue weighted by molar-refractivity contribution is -0.576. The molecule has 0 unspecified atom stereocenters. The maximum atomic E-state index is 10.7. The Morgan fingerprint density at radius 2 is 1.87 bits per heavy atom. The molecule has 0 radical (unpaired) electrons. The van der Waals surface area contributed by atoms with E-state index in [-0.39, 0.29) is 11.4 Å². The van der Waals surface area contributed by atoms with Gasteiger partial charge in [-0.05, 0) is 19.1 Å². The summed E-state index contributed by atoms with van der Waals surface area (Å²) in [5, 5.41) is 24.4. The third-order valence-corrected chi connectivity index (χ3v) is 3.44. The highest BCUT2D eigenvalue weighted by Crippen LogP contribution is 2.20. The first-order valence-corrected chi connectivity index (χ1v) is 7.38. The molecule has 118 valence electrons. The normalized spacial score (nSPS) is 11.5. The van der Waals surface area contributed by atoms with Gasteiger partial charge in [-0.3, -0.25) is 10.1 Å². The van der Waals surface area contributed by atoms with Gasteiger partial charge in [-0.25, -0.2) is 0 Å². The van der Waals surface area contributed by atoms with Crippen molar-refractivity contribution in [1.29, 1.82) is 0 Å². The number of aliphatic hydroxyl groups is 1. The van der Waals surface area contributed by atoms with E-state index in [1.165, 1.54) is 24.3 Å². The van der Waals surface area contributed by atoms with Crippen molar-refractivity contribution in [3.8, 4) is 0 Å². The van der Waals surface area contributed by atoms with Crippen molar-refractivity contribution in [1.82, 2.24) is 5.32 Å². The van der Waals surface area contributed by atoms with Gasteiger partial charge in [0.25, 0.3) is 11.4 Å². The number of pyridine rings is 1. The second-order valence-corrected chi connectivity index (χ2v) is 5.05. The summed E-state index contributed by atoms with van der Waals surface area (Å²) in [6, 6.07) is 11.2. The monoisotopic (exact) mass is 330 g/mol. The number of non-ortho nitro benzene ring substituents is 1. The Labute approximate surface area is 138 Å². The Morgan fingerprint density at radius 1 is 1.26 bits per heavy atom. The summed E-state index contributed by atoms with van der Waals surface area (Å²) in [6.07, 6.45) is 3.53. The van der Waals surface area contributed by atoms with E-state index >= 15 is 0 Å². The van der Waals surface area contributed by atoms with E-state index in [1.54, 1.807) is 17.0 Å². The van der Waals surface area contributed by atoms with Crippen molar-refractivity contribution in [2.24, 2.45) is 0 Å². The van der Waals surface area contributed by atoms with Crippen LogP contribution in [0.3, 0.4) is 0 Å². The van der Waals surface area contributed by atoms with E-state index < -0.39 is 4.92 Å². The van der Waals surface area contributed by atoms with Gasteiger partial charge in [0.05, 0.1) is 4.92 Å². The molecule has 0 amide bonds. The number of benzene rings is 1. The number of aromatic nitrogens is 1. The molecule has 2 rings (SSSR count). The fourth-order valence-electron chi connectivity index (χ4n) is 2.02. The highest BCUT2D eigenvalue weighted by Gasteiger charge is 2.23. The van der Waals surface area contributed by atoms with Gasteiger partial charge in [0.2, 0.25) is 0 Å². The molecule has 1 aromatic carbocycles. The topological polar surface area (TPSA) is 79.3 Å². The van der Waals surface area contributed by atoms with Gasteiger partial charge in [0.15, 0.2) is 23.1 Å². The molecule has 0 aliphatic rings. The average molecular weight is 330 g/mol. The fraction of sp³-hybridized carbons (Fsp3) is 0.125. The van der Waals surface area contributed by atoms with Crippen LogP contribution in [0.25, 0.3) is 11.5 Å². The molecular formula is C16H16N3O3S+. The van der Waals surface area contributed by atoms with Crippen LogP contribution in [0.5, 0.6) is 0 Å². The number of nitrogens with one attached hydrogen (secondary N) is 1. The van der Waals surface area contributed by atoms with Crippen LogP contribution in [0.1, 0.15) is 12.5 Å². The third kappa shape index (κ3) is 3.89. The molecule has 2 N–H and O–H groups in total. The second-order valence-electron chi connectivity index (χ2n) is 4.64. The van der Waals surface area contributed by atoms with E-state index in [1.807, 2.05) is 25.1 Å². The quantitative estimate of drug-likeness (QED) is 0.220. The maximum absolute atomic E-state index is 10.7. The maximum Gasteiger partial charge on any atom is 0.287 e. The Morgan fingerprint density at radius 3 is 2.39 bits per heavy atom. The van der Waals surface area contributed by atoms with Crippen molar-refractivity contribution >= 4 is 34.3 Å². The summed E-state index contributed by atoms with van der Waals surface area (Å²) in [6.45, 7) is 2.52. The highest BCUT2D eigenvalue weighted by atomic mass is 32.1. The molecule has 0 aliphatic heterocycles. The molecule has 0 saturated heterocycles. The number of nitro groups is 1. The van der Waals surface area contributed by atoms with E-state index in [9.17, 15) is 15.2 Å². The van der Waals surface area contributed by atoms with Crippen LogP contribution in [-0.2, 0) is 0 Å². The van der Waals surface area contributed by atoms with Gasteiger partial charge in [-0.2, -0.15) is 4.57 Å². The van der Waals surface area contributed by atoms with Gasteiger partial charge >= 0.3 is 0 Å². The summed E-state index contributed by atoms with van der Waals surface area (Å²) in [5.41, 5.74) is 0.822. The van der Waals surface area contributed by atoms with Crippen molar-refractivity contribution in [3.05, 3.63) is 70.5 Å². The van der Waals surface area contributed by atoms with Gasteiger partial charge in [-0.15, -0.1) is 0 Å². The molecule has 0 atom stereocenters. The highest BCUT2D eigenvalue weighted by molar-refractivity contribution is 7.81. The molecular weight excluding hydrogens is 314 g/mol. The number of nitrogens with zero attached hydrogens (tertiary/aromatic N) is 2. The average Bonchev–Trinajstić information content (AvgIpc) is 2.56. The van der Waals surface area contributed by atoms with Crippen LogP contribution >= 0.6 is 12.2 Å². The second kappa shape index (κ2) is 7.46. The van der Waals surface area contributed by atoms with Gasteiger partial charge in [0, 0.05) is 36.4 Å². The van der Waals surface area contributed by atoms with Crippen LogP contribution < -0.4 is 9.88 Å². The predicted molar refractivity (Wildman–Crippen MR) is 91.7 cm³/mol. The minimum Gasteiger partial charge on any atom is -0.502 e. The number of hydrogen-bond acceptors (Lipinski definition) is 4. The summed E-state index contributed by atoms with van der Waals surface area (Å²) in [7, 11) is 0. The molecule has 1 heterocycles. The minimum absolute atomic E-state index is 0.0373. The Hall–Kier alpha value is -2.80. The van der Waals surface area contributed by atoms with Crippen LogP contribution in [0, 0.1) is 10.1 Å². The first kappa shape index (κ1) is 16.6. The van der Waals surface area contributed by atoms with E-state index in [2.05, 4.69) is 5.32 Å². The number of rotatable bonds is 5. The standard InChI is InChI=1S/C16H15N3O3S/c1-2-17-16(23)14(18-10-4-3-5-11-18)15(20)12-6-8-13(9-7-12)19(21)22/h3-11H,2H2,1H3,(H-,17,20,23)/p+1. The van der Waals surface area contributed by atoms with E-state index in [0.29, 0.717) is 22.8 Å². The number of aliphatic hydroxyl groups excluding tert-OH is 1. The summed E-state index contributed by atoms with van der Waals surface area (Å²) in [5.74, 6) is -0.0537. The Kier molecular flexibility index (Phi) is 5.37.